The van der Waals surface area contributed by atoms with Gasteiger partial charge in [0.25, 0.3) is 5.56 Å². The molecule has 0 saturated heterocycles. The van der Waals surface area contributed by atoms with Gasteiger partial charge in [-0.2, -0.15) is 0 Å². The first-order chi connectivity index (χ1) is 17.2. The smallest absolute Gasteiger partial charge is 0.274 e. The standard InChI is InChI=1S/C27H25ClFN5O2/c1-13-10-32-21(20-5-6-31-26(33-20)16(4)35)9-22(13)34-14(2)7-19(25(28)27(34)36)24-15(3)23(24)17-8-18(29)12-30-11-17/h5-12,15-16,23-24,35H,1-4H3. The molecule has 5 rings (SSSR count). The highest BCUT2D eigenvalue weighted by Crippen LogP contribution is 2.61. The van der Waals surface area contributed by atoms with Crippen molar-refractivity contribution in [1.29, 1.82) is 0 Å². The predicted octanol–water partition coefficient (Wildman–Crippen LogP) is 5.06. The van der Waals surface area contributed by atoms with E-state index in [1.165, 1.54) is 12.3 Å². The Bertz CT molecular complexity index is 1540. The van der Waals surface area contributed by atoms with Crippen molar-refractivity contribution in [3.63, 3.8) is 0 Å². The van der Waals surface area contributed by atoms with E-state index in [2.05, 4.69) is 26.9 Å². The Morgan fingerprint density at radius 1 is 1.08 bits per heavy atom. The molecule has 36 heavy (non-hydrogen) atoms. The van der Waals surface area contributed by atoms with Gasteiger partial charge in [-0.15, -0.1) is 0 Å². The molecule has 0 amide bonds. The molecular formula is C27H25ClFN5O2. The summed E-state index contributed by atoms with van der Waals surface area (Å²) in [5, 5.41) is 10.0. The second-order valence-electron chi connectivity index (χ2n) is 9.37. The zero-order valence-corrected chi connectivity index (χ0v) is 21.0. The minimum Gasteiger partial charge on any atom is -0.385 e. The molecule has 184 valence electrons. The number of halogens is 2. The van der Waals surface area contributed by atoms with Gasteiger partial charge in [-0.1, -0.05) is 18.5 Å². The van der Waals surface area contributed by atoms with Gasteiger partial charge in [0.2, 0.25) is 0 Å². The van der Waals surface area contributed by atoms with Gasteiger partial charge in [0.05, 0.1) is 23.3 Å². The van der Waals surface area contributed by atoms with Gasteiger partial charge in [0.15, 0.2) is 5.82 Å². The number of nitrogens with zero attached hydrogens (tertiary/aromatic N) is 5. The average molecular weight is 506 g/mol. The zero-order valence-electron chi connectivity index (χ0n) is 20.3. The summed E-state index contributed by atoms with van der Waals surface area (Å²) in [5.41, 5.74) is 4.48. The summed E-state index contributed by atoms with van der Waals surface area (Å²) in [6.45, 7) is 7.40. The van der Waals surface area contributed by atoms with Crippen molar-refractivity contribution in [1.82, 2.24) is 24.5 Å². The van der Waals surface area contributed by atoms with Crippen molar-refractivity contribution in [3.05, 3.63) is 98.5 Å². The molecule has 9 heteroatoms. The molecule has 0 aromatic carbocycles. The Kier molecular flexibility index (Phi) is 6.18. The molecule has 1 saturated carbocycles. The van der Waals surface area contributed by atoms with Crippen LogP contribution in [0.4, 0.5) is 4.39 Å². The van der Waals surface area contributed by atoms with Gasteiger partial charge < -0.3 is 5.11 Å². The summed E-state index contributed by atoms with van der Waals surface area (Å²) in [7, 11) is 0. The molecule has 4 unspecified atom stereocenters. The fraction of sp³-hybridized carbons (Fsp3) is 0.296. The fourth-order valence-corrected chi connectivity index (χ4v) is 5.21. The van der Waals surface area contributed by atoms with Crippen LogP contribution in [-0.2, 0) is 0 Å². The van der Waals surface area contributed by atoms with E-state index in [-0.39, 0.29) is 34.2 Å². The molecule has 4 aromatic rings. The van der Waals surface area contributed by atoms with Crippen LogP contribution >= 0.6 is 11.6 Å². The lowest BCUT2D eigenvalue weighted by Crippen LogP contribution is -2.23. The summed E-state index contributed by atoms with van der Waals surface area (Å²) in [4.78, 5) is 30.5. The minimum absolute atomic E-state index is 0.0103. The molecule has 1 aliphatic carbocycles. The Morgan fingerprint density at radius 3 is 2.58 bits per heavy atom. The van der Waals surface area contributed by atoms with Crippen molar-refractivity contribution in [2.45, 2.75) is 45.6 Å². The highest BCUT2D eigenvalue weighted by molar-refractivity contribution is 6.31. The fourth-order valence-electron chi connectivity index (χ4n) is 4.95. The zero-order chi connectivity index (χ0) is 25.7. The average Bonchev–Trinajstić information content (AvgIpc) is 3.53. The third-order valence-electron chi connectivity index (χ3n) is 6.84. The molecule has 4 aromatic heterocycles. The van der Waals surface area contributed by atoms with Crippen molar-refractivity contribution >= 4 is 11.6 Å². The minimum atomic E-state index is -0.817. The molecular weight excluding hydrogens is 481 g/mol. The Labute approximate surface area is 212 Å². The van der Waals surface area contributed by atoms with E-state index in [1.54, 1.807) is 42.2 Å². The maximum atomic E-state index is 13.7. The second-order valence-corrected chi connectivity index (χ2v) is 9.75. The lowest BCUT2D eigenvalue weighted by Gasteiger charge is -2.16. The van der Waals surface area contributed by atoms with E-state index >= 15 is 0 Å². The first-order valence-electron chi connectivity index (χ1n) is 11.7. The van der Waals surface area contributed by atoms with Gasteiger partial charge in [0.1, 0.15) is 16.9 Å². The van der Waals surface area contributed by atoms with Crippen LogP contribution in [0.2, 0.25) is 5.02 Å². The SMILES string of the molecule is Cc1cnc(-c2ccnc(C(C)O)n2)cc1-n1c(C)cc(C2C(C)C2c2cncc(F)c2)c(Cl)c1=O. The van der Waals surface area contributed by atoms with Crippen LogP contribution in [0.25, 0.3) is 17.1 Å². The number of pyridine rings is 3. The van der Waals surface area contributed by atoms with Crippen molar-refractivity contribution in [2.75, 3.05) is 0 Å². The first kappa shape index (κ1) is 24.2. The van der Waals surface area contributed by atoms with E-state index in [0.29, 0.717) is 22.9 Å². The van der Waals surface area contributed by atoms with E-state index in [4.69, 9.17) is 11.6 Å². The highest BCUT2D eigenvalue weighted by atomic mass is 35.5. The lowest BCUT2D eigenvalue weighted by atomic mass is 10.0. The molecule has 4 heterocycles. The van der Waals surface area contributed by atoms with Gasteiger partial charge in [-0.3, -0.25) is 19.3 Å². The third kappa shape index (κ3) is 4.20. The normalized spacial score (nSPS) is 19.8. The summed E-state index contributed by atoms with van der Waals surface area (Å²) < 4.78 is 15.3. The van der Waals surface area contributed by atoms with Crippen LogP contribution in [-0.4, -0.2) is 29.6 Å². The van der Waals surface area contributed by atoms with Crippen molar-refractivity contribution in [2.24, 2.45) is 5.92 Å². The number of aryl methyl sites for hydroxylation is 2. The molecule has 1 N–H and O–H groups in total. The van der Waals surface area contributed by atoms with E-state index in [0.717, 1.165) is 22.4 Å². The van der Waals surface area contributed by atoms with E-state index in [9.17, 15) is 14.3 Å². The monoisotopic (exact) mass is 505 g/mol. The number of hydrogen-bond donors (Lipinski definition) is 1. The Hall–Kier alpha value is -3.49. The maximum Gasteiger partial charge on any atom is 0.274 e. The van der Waals surface area contributed by atoms with Crippen molar-refractivity contribution in [3.8, 4) is 17.1 Å². The lowest BCUT2D eigenvalue weighted by molar-refractivity contribution is 0.189. The third-order valence-corrected chi connectivity index (χ3v) is 7.22. The summed E-state index contributed by atoms with van der Waals surface area (Å²) >= 11 is 6.68. The highest BCUT2D eigenvalue weighted by Gasteiger charge is 2.50. The number of aliphatic hydroxyl groups excluding tert-OH is 1. The summed E-state index contributed by atoms with van der Waals surface area (Å²) in [5.74, 6) is 0.178. The van der Waals surface area contributed by atoms with Gasteiger partial charge >= 0.3 is 0 Å². The number of aromatic nitrogens is 5. The van der Waals surface area contributed by atoms with Gasteiger partial charge in [0, 0.05) is 24.3 Å². The molecule has 0 aliphatic heterocycles. The first-order valence-corrected chi connectivity index (χ1v) is 12.1. The topological polar surface area (TPSA) is 93.8 Å². The van der Waals surface area contributed by atoms with Crippen LogP contribution in [0.5, 0.6) is 0 Å². The Balaban J connectivity index is 1.56. The summed E-state index contributed by atoms with van der Waals surface area (Å²) in [6.07, 6.45) is 5.28. The Morgan fingerprint density at radius 2 is 1.86 bits per heavy atom. The molecule has 1 aliphatic rings. The second kappa shape index (κ2) is 9.19. The maximum absolute atomic E-state index is 13.7. The van der Waals surface area contributed by atoms with Crippen molar-refractivity contribution < 1.29 is 9.50 Å². The molecule has 0 radical (unpaired) electrons. The molecule has 4 atom stereocenters. The predicted molar refractivity (Wildman–Crippen MR) is 135 cm³/mol. The molecule has 7 nitrogen and oxygen atoms in total. The van der Waals surface area contributed by atoms with Crippen LogP contribution in [0, 0.1) is 25.6 Å². The van der Waals surface area contributed by atoms with Gasteiger partial charge in [-0.05, 0) is 79.5 Å². The number of aliphatic hydroxyl groups is 1. The van der Waals surface area contributed by atoms with Crippen LogP contribution in [0.3, 0.4) is 0 Å². The number of rotatable bonds is 5. The molecule has 0 bridgehead atoms. The largest absolute Gasteiger partial charge is 0.385 e. The molecule has 0 spiro atoms. The number of hydrogen-bond acceptors (Lipinski definition) is 6. The summed E-state index contributed by atoms with van der Waals surface area (Å²) in [6, 6.07) is 6.92. The van der Waals surface area contributed by atoms with E-state index in [1.807, 2.05) is 19.9 Å². The van der Waals surface area contributed by atoms with Crippen LogP contribution in [0.1, 0.15) is 60.0 Å². The van der Waals surface area contributed by atoms with E-state index < -0.39 is 6.10 Å². The quantitative estimate of drug-likeness (QED) is 0.407. The molecule has 1 fully saturated rings. The van der Waals surface area contributed by atoms with Crippen LogP contribution in [0.15, 0.2) is 53.8 Å². The van der Waals surface area contributed by atoms with Crippen LogP contribution < -0.4 is 5.56 Å². The van der Waals surface area contributed by atoms with Gasteiger partial charge in [-0.25, -0.2) is 14.4 Å².